The molecule has 2 aliphatic rings. The molecule has 2 heterocycles. The minimum atomic E-state index is -0.592. The van der Waals surface area contributed by atoms with E-state index in [0.29, 0.717) is 36.6 Å². The number of hydrogen-bond donors (Lipinski definition) is 0. The number of ether oxygens (including phenoxy) is 4. The molecule has 0 aliphatic carbocycles. The highest BCUT2D eigenvalue weighted by Crippen LogP contribution is 2.39. The van der Waals surface area contributed by atoms with E-state index in [1.165, 1.54) is 0 Å². The van der Waals surface area contributed by atoms with Crippen LogP contribution in [0.15, 0.2) is 41.6 Å². The van der Waals surface area contributed by atoms with Crippen LogP contribution >= 0.6 is 0 Å². The van der Waals surface area contributed by atoms with Gasteiger partial charge in [-0.1, -0.05) is 5.16 Å². The maximum Gasteiger partial charge on any atom is 0.267 e. The molecule has 0 bridgehead atoms. The average Bonchev–Trinajstić information content (AvgIpc) is 3.36. The van der Waals surface area contributed by atoms with Gasteiger partial charge in [0.1, 0.15) is 18.1 Å². The Balaban J connectivity index is 1.63. The summed E-state index contributed by atoms with van der Waals surface area (Å²) in [4.78, 5) is 20.3. The second-order valence-corrected chi connectivity index (χ2v) is 7.31. The molecule has 0 aromatic heterocycles. The molecule has 2 aromatic carbocycles. The lowest BCUT2D eigenvalue weighted by molar-refractivity contribution is -0.146. The minimum absolute atomic E-state index is 0.0961. The third-order valence-electron chi connectivity index (χ3n) is 5.61. The molecule has 1 amide bonds. The summed E-state index contributed by atoms with van der Waals surface area (Å²) in [5, 5.41) is 3.76. The van der Waals surface area contributed by atoms with E-state index >= 15 is 0 Å². The van der Waals surface area contributed by atoms with Crippen molar-refractivity contribution in [1.82, 2.24) is 4.90 Å². The van der Waals surface area contributed by atoms with Crippen LogP contribution in [0.25, 0.3) is 0 Å². The molecular formula is C23H26N2O6. The van der Waals surface area contributed by atoms with Crippen LogP contribution in [0.3, 0.4) is 0 Å². The van der Waals surface area contributed by atoms with E-state index in [-0.39, 0.29) is 18.6 Å². The molecule has 2 aromatic rings. The first-order valence-electron chi connectivity index (χ1n) is 10.1. The number of fused-ring (bicyclic) bond motifs is 1. The lowest BCUT2D eigenvalue weighted by atomic mass is 9.91. The number of carbonyl (C=O) groups excluding carboxylic acids is 1. The molecule has 8 heteroatoms. The van der Waals surface area contributed by atoms with Crippen molar-refractivity contribution in [2.24, 2.45) is 5.16 Å². The smallest absolute Gasteiger partial charge is 0.267 e. The Bertz CT molecular complexity index is 951. The molecule has 2 atom stereocenters. The fourth-order valence-electron chi connectivity index (χ4n) is 3.95. The summed E-state index contributed by atoms with van der Waals surface area (Å²) in [6.45, 7) is 0.839. The first kappa shape index (κ1) is 20.8. The van der Waals surface area contributed by atoms with Crippen LogP contribution in [0, 0.1) is 0 Å². The average molecular weight is 426 g/mol. The molecule has 0 spiro atoms. The van der Waals surface area contributed by atoms with Gasteiger partial charge in [0.25, 0.3) is 5.91 Å². The normalized spacial score (nSPS) is 19.4. The van der Waals surface area contributed by atoms with Crippen molar-refractivity contribution in [3.8, 4) is 23.0 Å². The number of hydrogen-bond acceptors (Lipinski definition) is 7. The number of nitrogens with zero attached hydrogens (tertiary/aromatic N) is 2. The van der Waals surface area contributed by atoms with Crippen LogP contribution < -0.4 is 18.9 Å². The van der Waals surface area contributed by atoms with Crippen molar-refractivity contribution < 1.29 is 28.6 Å². The highest BCUT2D eigenvalue weighted by molar-refractivity contribution is 5.85. The zero-order valence-corrected chi connectivity index (χ0v) is 17.9. The third kappa shape index (κ3) is 4.23. The van der Waals surface area contributed by atoms with Crippen molar-refractivity contribution in [3.63, 3.8) is 0 Å². The first-order valence-corrected chi connectivity index (χ1v) is 10.1. The van der Waals surface area contributed by atoms with Crippen LogP contribution in [0.5, 0.6) is 23.0 Å². The van der Waals surface area contributed by atoms with E-state index < -0.39 is 6.10 Å². The summed E-state index contributed by atoms with van der Waals surface area (Å²) in [5.41, 5.74) is 2.08. The summed E-state index contributed by atoms with van der Waals surface area (Å²) < 4.78 is 22.3. The molecule has 2 aliphatic heterocycles. The summed E-state index contributed by atoms with van der Waals surface area (Å²) in [7, 11) is 4.84. The van der Waals surface area contributed by atoms with Gasteiger partial charge in [0.05, 0.1) is 27.4 Å². The Hall–Kier alpha value is -3.42. The number of carbonyl (C=O) groups is 1. The lowest BCUT2D eigenvalue weighted by Crippen LogP contribution is -2.46. The van der Waals surface area contributed by atoms with Crippen LogP contribution in [0.1, 0.15) is 23.6 Å². The van der Waals surface area contributed by atoms with Gasteiger partial charge in [0, 0.05) is 19.2 Å². The van der Waals surface area contributed by atoms with Crippen LogP contribution in [0.4, 0.5) is 0 Å². The Morgan fingerprint density at radius 1 is 1.06 bits per heavy atom. The molecule has 4 rings (SSSR count). The number of amides is 1. The zero-order valence-electron chi connectivity index (χ0n) is 17.9. The molecule has 31 heavy (non-hydrogen) atoms. The van der Waals surface area contributed by atoms with Gasteiger partial charge in [-0.05, 0) is 53.9 Å². The first-order chi connectivity index (χ1) is 15.1. The largest absolute Gasteiger partial charge is 0.497 e. The van der Waals surface area contributed by atoms with E-state index in [9.17, 15) is 4.79 Å². The molecule has 0 N–H and O–H groups in total. The number of methoxy groups -OCH3 is 3. The van der Waals surface area contributed by atoms with Crippen molar-refractivity contribution in [2.75, 3.05) is 34.5 Å². The van der Waals surface area contributed by atoms with E-state index in [4.69, 9.17) is 23.8 Å². The van der Waals surface area contributed by atoms with Crippen LogP contribution in [0.2, 0.25) is 0 Å². The Kier molecular flexibility index (Phi) is 6.16. The fourth-order valence-corrected chi connectivity index (χ4v) is 3.95. The van der Waals surface area contributed by atoms with Gasteiger partial charge in [-0.15, -0.1) is 0 Å². The van der Waals surface area contributed by atoms with Crippen molar-refractivity contribution in [3.05, 3.63) is 47.5 Å². The van der Waals surface area contributed by atoms with Gasteiger partial charge in [0.15, 0.2) is 11.5 Å². The summed E-state index contributed by atoms with van der Waals surface area (Å²) in [6.07, 6.45) is 2.20. The minimum Gasteiger partial charge on any atom is -0.497 e. The summed E-state index contributed by atoms with van der Waals surface area (Å²) >= 11 is 0. The fraction of sp³-hybridized carbons (Fsp3) is 0.391. The highest BCUT2D eigenvalue weighted by atomic mass is 16.6. The quantitative estimate of drug-likeness (QED) is 0.677. The van der Waals surface area contributed by atoms with E-state index in [0.717, 1.165) is 16.9 Å². The second-order valence-electron chi connectivity index (χ2n) is 7.31. The molecular weight excluding hydrogens is 400 g/mol. The van der Waals surface area contributed by atoms with Gasteiger partial charge in [-0.25, -0.2) is 0 Å². The van der Waals surface area contributed by atoms with Gasteiger partial charge < -0.3 is 28.7 Å². The predicted octanol–water partition coefficient (Wildman–Crippen LogP) is 2.99. The molecule has 0 saturated carbocycles. The van der Waals surface area contributed by atoms with Crippen LogP contribution in [-0.4, -0.2) is 57.6 Å². The SMILES string of the molecule is COc1ccc(OCC2c3cc(OC)c(OC)cc3CCN2C(=O)C2CC=NO2)cc1. The van der Waals surface area contributed by atoms with Crippen molar-refractivity contribution >= 4 is 12.1 Å². The molecule has 164 valence electrons. The number of oxime groups is 1. The Morgan fingerprint density at radius 3 is 2.42 bits per heavy atom. The lowest BCUT2D eigenvalue weighted by Gasteiger charge is -2.38. The third-order valence-corrected chi connectivity index (χ3v) is 5.61. The highest BCUT2D eigenvalue weighted by Gasteiger charge is 2.37. The number of rotatable bonds is 7. The zero-order chi connectivity index (χ0) is 21.8. The maximum absolute atomic E-state index is 13.2. The van der Waals surface area contributed by atoms with Crippen molar-refractivity contribution in [1.29, 1.82) is 0 Å². The van der Waals surface area contributed by atoms with Gasteiger partial charge >= 0.3 is 0 Å². The van der Waals surface area contributed by atoms with Crippen molar-refractivity contribution in [2.45, 2.75) is 25.0 Å². The molecule has 0 saturated heterocycles. The van der Waals surface area contributed by atoms with E-state index in [1.54, 1.807) is 27.5 Å². The molecule has 2 unspecified atom stereocenters. The Labute approximate surface area is 181 Å². The molecule has 0 fully saturated rings. The van der Waals surface area contributed by atoms with Gasteiger partial charge in [-0.3, -0.25) is 4.79 Å². The predicted molar refractivity (Wildman–Crippen MR) is 114 cm³/mol. The summed E-state index contributed by atoms with van der Waals surface area (Å²) in [5.74, 6) is 2.64. The summed E-state index contributed by atoms with van der Waals surface area (Å²) in [6, 6.07) is 11.0. The van der Waals surface area contributed by atoms with Gasteiger partial charge in [0.2, 0.25) is 6.10 Å². The standard InChI is InChI=1S/C23H26N2O6/c1-27-16-4-6-17(7-5-16)30-14-19-18-13-22(29-3)21(28-2)12-15(18)9-11-25(19)23(26)20-8-10-24-31-20/h4-7,10,12-13,19-20H,8-9,11,14H2,1-3H3. The topological polar surface area (TPSA) is 78.8 Å². The second kappa shape index (κ2) is 9.16. The van der Waals surface area contributed by atoms with Crippen LogP contribution in [-0.2, 0) is 16.1 Å². The van der Waals surface area contributed by atoms with E-state index in [2.05, 4.69) is 5.16 Å². The maximum atomic E-state index is 13.2. The molecule has 0 radical (unpaired) electrons. The molecule has 8 nitrogen and oxygen atoms in total. The van der Waals surface area contributed by atoms with Gasteiger partial charge in [-0.2, -0.15) is 0 Å². The monoisotopic (exact) mass is 426 g/mol. The Morgan fingerprint density at radius 2 is 1.77 bits per heavy atom. The number of benzene rings is 2. The van der Waals surface area contributed by atoms with E-state index in [1.807, 2.05) is 41.3 Å².